The minimum atomic E-state index is -4.62. The number of benzene rings is 2. The van der Waals surface area contributed by atoms with Crippen LogP contribution in [-0.2, 0) is 11.9 Å². The van der Waals surface area contributed by atoms with Crippen molar-refractivity contribution in [3.05, 3.63) is 77.0 Å². The highest BCUT2D eigenvalue weighted by molar-refractivity contribution is 7.98. The predicted octanol–water partition coefficient (Wildman–Crippen LogP) is 5.76. The van der Waals surface area contributed by atoms with Crippen molar-refractivity contribution in [2.75, 3.05) is 0 Å². The molecule has 0 bridgehead atoms. The van der Waals surface area contributed by atoms with Crippen LogP contribution in [0.3, 0.4) is 0 Å². The Balaban J connectivity index is 1.87. The number of hydrogen-bond donors (Lipinski definition) is 0. The van der Waals surface area contributed by atoms with E-state index in [1.807, 2.05) is 6.07 Å². The molecule has 0 amide bonds. The fraction of sp³-hybridized carbons (Fsp3) is 0.150. The zero-order chi connectivity index (χ0) is 20.1. The largest absolute Gasteiger partial charge is 0.439 e. The van der Waals surface area contributed by atoms with Crippen LogP contribution in [0, 0.1) is 18.3 Å². The van der Waals surface area contributed by atoms with Crippen LogP contribution in [0.1, 0.15) is 22.4 Å². The smallest absolute Gasteiger partial charge is 0.433 e. The zero-order valence-electron chi connectivity index (χ0n) is 14.7. The second-order valence-electron chi connectivity index (χ2n) is 5.84. The number of nitriles is 1. The first-order chi connectivity index (χ1) is 13.3. The molecule has 0 spiro atoms. The summed E-state index contributed by atoms with van der Waals surface area (Å²) in [6.07, 6.45) is -4.62. The Kier molecular flexibility index (Phi) is 5.85. The summed E-state index contributed by atoms with van der Waals surface area (Å²) >= 11 is 1.04. The van der Waals surface area contributed by atoms with E-state index in [2.05, 4.69) is 9.97 Å². The predicted molar refractivity (Wildman–Crippen MR) is 99.0 cm³/mol. The summed E-state index contributed by atoms with van der Waals surface area (Å²) in [4.78, 5) is 7.71. The highest BCUT2D eigenvalue weighted by Crippen LogP contribution is 2.33. The Morgan fingerprint density at radius 1 is 1.07 bits per heavy atom. The van der Waals surface area contributed by atoms with Gasteiger partial charge in [0.2, 0.25) is 5.88 Å². The van der Waals surface area contributed by atoms with E-state index >= 15 is 0 Å². The van der Waals surface area contributed by atoms with E-state index in [-0.39, 0.29) is 11.0 Å². The third-order valence-corrected chi connectivity index (χ3v) is 4.62. The molecular formula is C20H14F3N3OS. The highest BCUT2D eigenvalue weighted by Gasteiger charge is 2.34. The molecule has 0 saturated carbocycles. The van der Waals surface area contributed by atoms with E-state index in [0.29, 0.717) is 17.1 Å². The molecule has 0 radical (unpaired) electrons. The first kappa shape index (κ1) is 19.7. The number of aryl methyl sites for hydroxylation is 1. The van der Waals surface area contributed by atoms with Gasteiger partial charge in [-0.2, -0.15) is 23.4 Å². The van der Waals surface area contributed by atoms with Crippen LogP contribution in [0.2, 0.25) is 0 Å². The molecule has 0 aliphatic heterocycles. The zero-order valence-corrected chi connectivity index (χ0v) is 15.5. The molecule has 28 heavy (non-hydrogen) atoms. The van der Waals surface area contributed by atoms with Gasteiger partial charge in [0, 0.05) is 11.8 Å². The molecule has 3 aromatic rings. The maximum absolute atomic E-state index is 13.2. The fourth-order valence-electron chi connectivity index (χ4n) is 2.33. The van der Waals surface area contributed by atoms with Crippen molar-refractivity contribution < 1.29 is 17.9 Å². The van der Waals surface area contributed by atoms with Gasteiger partial charge < -0.3 is 4.74 Å². The van der Waals surface area contributed by atoms with E-state index in [4.69, 9.17) is 10.00 Å². The van der Waals surface area contributed by atoms with Gasteiger partial charge in [0.25, 0.3) is 0 Å². The molecule has 0 atom stereocenters. The first-order valence-corrected chi connectivity index (χ1v) is 9.15. The number of para-hydroxylation sites is 1. The van der Waals surface area contributed by atoms with Gasteiger partial charge in [-0.3, -0.25) is 0 Å². The Morgan fingerprint density at radius 2 is 1.86 bits per heavy atom. The number of aromatic nitrogens is 2. The van der Waals surface area contributed by atoms with Gasteiger partial charge in [0.1, 0.15) is 5.75 Å². The number of nitrogens with zero attached hydrogens (tertiary/aromatic N) is 3. The van der Waals surface area contributed by atoms with Gasteiger partial charge in [0.15, 0.2) is 10.9 Å². The number of thioether (sulfide) groups is 1. The average Bonchev–Trinajstić information content (AvgIpc) is 2.67. The van der Waals surface area contributed by atoms with Crippen LogP contribution in [0.25, 0.3) is 0 Å². The molecule has 1 heterocycles. The molecule has 0 N–H and O–H groups in total. The molecule has 0 saturated heterocycles. The molecular weight excluding hydrogens is 387 g/mol. The second kappa shape index (κ2) is 8.31. The summed E-state index contributed by atoms with van der Waals surface area (Å²) in [5.74, 6) is 0.567. The molecule has 3 rings (SSSR count). The van der Waals surface area contributed by atoms with Crippen LogP contribution >= 0.6 is 11.8 Å². The van der Waals surface area contributed by atoms with E-state index in [1.54, 1.807) is 55.5 Å². The van der Waals surface area contributed by atoms with Gasteiger partial charge in [-0.15, -0.1) is 0 Å². The Morgan fingerprint density at radius 3 is 2.57 bits per heavy atom. The Bertz CT molecular complexity index is 1030. The lowest BCUT2D eigenvalue weighted by Crippen LogP contribution is -2.10. The average molecular weight is 401 g/mol. The van der Waals surface area contributed by atoms with Crippen molar-refractivity contribution in [1.82, 2.24) is 9.97 Å². The number of hydrogen-bond acceptors (Lipinski definition) is 5. The van der Waals surface area contributed by atoms with Crippen LogP contribution in [0.4, 0.5) is 13.2 Å². The van der Waals surface area contributed by atoms with Crippen molar-refractivity contribution >= 4 is 11.8 Å². The number of ether oxygens (including phenoxy) is 1. The molecule has 0 unspecified atom stereocenters. The van der Waals surface area contributed by atoms with Gasteiger partial charge in [-0.05, 0) is 36.2 Å². The maximum Gasteiger partial charge on any atom is 0.433 e. The second-order valence-corrected chi connectivity index (χ2v) is 6.78. The first-order valence-electron chi connectivity index (χ1n) is 8.17. The van der Waals surface area contributed by atoms with Gasteiger partial charge >= 0.3 is 6.18 Å². The lowest BCUT2D eigenvalue weighted by molar-refractivity contribution is -0.141. The molecule has 4 nitrogen and oxygen atoms in total. The summed E-state index contributed by atoms with van der Waals surface area (Å²) in [5, 5.41) is 8.89. The summed E-state index contributed by atoms with van der Waals surface area (Å²) in [6, 6.07) is 16.6. The molecule has 0 aliphatic rings. The lowest BCUT2D eigenvalue weighted by atomic mass is 10.2. The van der Waals surface area contributed by atoms with Gasteiger partial charge in [0.05, 0.1) is 11.6 Å². The Labute approximate surface area is 164 Å². The number of alkyl halides is 3. The fourth-order valence-corrected chi connectivity index (χ4v) is 3.12. The standard InChI is InChI=1S/C20H14F3N3OS/c1-13-5-2-3-8-16(13)27-18-10-17(20(21,22)23)25-19(26-18)28-12-15-7-4-6-14(9-15)11-24/h2-10H,12H2,1H3. The SMILES string of the molecule is Cc1ccccc1Oc1cc(C(F)(F)F)nc(SCc2cccc(C#N)c2)n1. The Hall–Kier alpha value is -3.05. The van der Waals surface area contributed by atoms with Crippen molar-refractivity contribution in [3.63, 3.8) is 0 Å². The number of rotatable bonds is 5. The van der Waals surface area contributed by atoms with Crippen molar-refractivity contribution in [2.45, 2.75) is 24.0 Å². The molecule has 1 aromatic heterocycles. The minimum absolute atomic E-state index is 0.0548. The van der Waals surface area contributed by atoms with Crippen LogP contribution in [0.15, 0.2) is 59.8 Å². The summed E-state index contributed by atoms with van der Waals surface area (Å²) < 4.78 is 45.3. The summed E-state index contributed by atoms with van der Waals surface area (Å²) in [6.45, 7) is 1.79. The minimum Gasteiger partial charge on any atom is -0.439 e. The van der Waals surface area contributed by atoms with Gasteiger partial charge in [-0.1, -0.05) is 42.1 Å². The van der Waals surface area contributed by atoms with Crippen molar-refractivity contribution in [1.29, 1.82) is 5.26 Å². The highest BCUT2D eigenvalue weighted by atomic mass is 32.2. The normalized spacial score (nSPS) is 11.1. The third-order valence-electron chi connectivity index (χ3n) is 3.70. The monoisotopic (exact) mass is 401 g/mol. The van der Waals surface area contributed by atoms with Gasteiger partial charge in [-0.25, -0.2) is 4.98 Å². The van der Waals surface area contributed by atoms with E-state index < -0.39 is 11.9 Å². The molecule has 0 fully saturated rings. The maximum atomic E-state index is 13.2. The molecule has 142 valence electrons. The number of halogens is 3. The molecule has 2 aromatic carbocycles. The lowest BCUT2D eigenvalue weighted by Gasteiger charge is -2.12. The summed E-state index contributed by atoms with van der Waals surface area (Å²) in [7, 11) is 0. The van der Waals surface area contributed by atoms with Crippen LogP contribution in [-0.4, -0.2) is 9.97 Å². The summed E-state index contributed by atoms with van der Waals surface area (Å²) in [5.41, 5.74) is 0.967. The third kappa shape index (κ3) is 5.02. The topological polar surface area (TPSA) is 58.8 Å². The van der Waals surface area contributed by atoms with Crippen molar-refractivity contribution in [3.8, 4) is 17.7 Å². The van der Waals surface area contributed by atoms with E-state index in [0.717, 1.165) is 29.0 Å². The van der Waals surface area contributed by atoms with Crippen molar-refractivity contribution in [2.24, 2.45) is 0 Å². The van der Waals surface area contributed by atoms with E-state index in [9.17, 15) is 13.2 Å². The molecule has 8 heteroatoms. The van der Waals surface area contributed by atoms with Crippen LogP contribution < -0.4 is 4.74 Å². The van der Waals surface area contributed by atoms with Crippen LogP contribution in [0.5, 0.6) is 11.6 Å². The quantitative estimate of drug-likeness (QED) is 0.402. The molecule has 0 aliphatic carbocycles. The van der Waals surface area contributed by atoms with E-state index in [1.165, 1.54) is 0 Å².